The highest BCUT2D eigenvalue weighted by atomic mass is 16.6. The molecule has 4 atom stereocenters. The van der Waals surface area contributed by atoms with E-state index in [1.165, 1.54) is 5.56 Å². The lowest BCUT2D eigenvalue weighted by molar-refractivity contribution is -0.159. The van der Waals surface area contributed by atoms with Crippen molar-refractivity contribution in [2.75, 3.05) is 0 Å². The Bertz CT molecular complexity index is 750. The highest BCUT2D eigenvalue weighted by Gasteiger charge is 2.42. The molecule has 1 aromatic rings. The van der Waals surface area contributed by atoms with Crippen LogP contribution in [0.3, 0.4) is 0 Å². The highest BCUT2D eigenvalue weighted by Crippen LogP contribution is 2.43. The largest absolute Gasteiger partial charge is 0.461 e. The fourth-order valence-corrected chi connectivity index (χ4v) is 4.43. The second-order valence-electron chi connectivity index (χ2n) is 10.3. The molecule has 1 aliphatic rings. The molecule has 0 aromatic heterocycles. The smallest absolute Gasteiger partial charge is 0.408 e. The summed E-state index contributed by atoms with van der Waals surface area (Å²) in [4.78, 5) is 25.3. The maximum Gasteiger partial charge on any atom is 0.408 e. The molecule has 1 aliphatic carbocycles. The van der Waals surface area contributed by atoms with Gasteiger partial charge in [0.2, 0.25) is 0 Å². The quantitative estimate of drug-likeness (QED) is 0.441. The first-order valence-electron chi connectivity index (χ1n) is 11.3. The summed E-state index contributed by atoms with van der Waals surface area (Å²) in [6.45, 7) is 15.7. The zero-order chi connectivity index (χ0) is 23.2. The van der Waals surface area contributed by atoms with Crippen molar-refractivity contribution in [3.05, 3.63) is 48.6 Å². The summed E-state index contributed by atoms with van der Waals surface area (Å²) in [5.74, 6) is 0.247. The van der Waals surface area contributed by atoms with Gasteiger partial charge in [-0.1, -0.05) is 63.6 Å². The van der Waals surface area contributed by atoms with Crippen molar-refractivity contribution in [3.63, 3.8) is 0 Å². The molecule has 1 amide bonds. The number of benzene rings is 1. The van der Waals surface area contributed by atoms with Gasteiger partial charge in [-0.15, -0.1) is 6.58 Å². The summed E-state index contributed by atoms with van der Waals surface area (Å²) in [5, 5.41) is 2.65. The van der Waals surface area contributed by atoms with E-state index in [1.54, 1.807) is 26.8 Å². The van der Waals surface area contributed by atoms with Gasteiger partial charge in [-0.2, -0.15) is 0 Å². The molecular formula is C26H39NO4. The van der Waals surface area contributed by atoms with Crippen LogP contribution in [0.25, 0.3) is 0 Å². The molecule has 5 nitrogen and oxygen atoms in total. The lowest BCUT2D eigenvalue weighted by Gasteiger charge is -2.44. The van der Waals surface area contributed by atoms with E-state index in [1.807, 2.05) is 6.07 Å². The summed E-state index contributed by atoms with van der Waals surface area (Å²) in [5.41, 5.74) is 0.458. The molecule has 31 heavy (non-hydrogen) atoms. The van der Waals surface area contributed by atoms with Gasteiger partial charge in [0.15, 0.2) is 0 Å². The monoisotopic (exact) mass is 429 g/mol. The molecule has 0 unspecified atom stereocenters. The van der Waals surface area contributed by atoms with Crippen LogP contribution in [0.5, 0.6) is 0 Å². The topological polar surface area (TPSA) is 64.6 Å². The molecule has 0 heterocycles. The molecule has 0 spiro atoms. The lowest BCUT2D eigenvalue weighted by Crippen LogP contribution is -2.48. The van der Waals surface area contributed by atoms with Gasteiger partial charge in [0.05, 0.1) is 0 Å². The molecule has 1 aromatic carbocycles. The van der Waals surface area contributed by atoms with Crippen molar-refractivity contribution in [3.8, 4) is 0 Å². The first kappa shape index (κ1) is 25.0. The lowest BCUT2D eigenvalue weighted by atomic mass is 9.64. The molecule has 0 radical (unpaired) electrons. The number of hydrogen-bond donors (Lipinski definition) is 1. The Labute approximate surface area is 187 Å². The first-order chi connectivity index (χ1) is 14.4. The third-order valence-electron chi connectivity index (χ3n) is 6.14. The summed E-state index contributed by atoms with van der Waals surface area (Å²) >= 11 is 0. The average Bonchev–Trinajstić information content (AvgIpc) is 2.66. The second kappa shape index (κ2) is 10.3. The van der Waals surface area contributed by atoms with Gasteiger partial charge in [0.25, 0.3) is 0 Å². The maximum absolute atomic E-state index is 13.1. The van der Waals surface area contributed by atoms with Crippen molar-refractivity contribution in [2.24, 2.45) is 11.8 Å². The number of hydrogen-bond acceptors (Lipinski definition) is 4. The number of alkyl carbamates (subject to hydrolysis) is 1. The van der Waals surface area contributed by atoms with Crippen LogP contribution in [0.4, 0.5) is 4.79 Å². The first-order valence-corrected chi connectivity index (χ1v) is 11.3. The van der Waals surface area contributed by atoms with Crippen molar-refractivity contribution >= 4 is 12.1 Å². The van der Waals surface area contributed by atoms with Crippen molar-refractivity contribution in [1.29, 1.82) is 0 Å². The van der Waals surface area contributed by atoms with Gasteiger partial charge in [0.1, 0.15) is 17.7 Å². The number of ether oxygens (including phenoxy) is 2. The average molecular weight is 430 g/mol. The van der Waals surface area contributed by atoms with Crippen LogP contribution in [-0.2, 0) is 19.7 Å². The second-order valence-corrected chi connectivity index (χ2v) is 10.3. The van der Waals surface area contributed by atoms with Crippen LogP contribution in [0.15, 0.2) is 43.0 Å². The highest BCUT2D eigenvalue weighted by molar-refractivity contribution is 5.81. The third kappa shape index (κ3) is 7.12. The minimum Gasteiger partial charge on any atom is -0.461 e. The van der Waals surface area contributed by atoms with E-state index in [9.17, 15) is 9.59 Å². The fourth-order valence-electron chi connectivity index (χ4n) is 4.43. The summed E-state index contributed by atoms with van der Waals surface area (Å²) < 4.78 is 11.4. The predicted octanol–water partition coefficient (Wildman–Crippen LogP) is 5.78. The number of carbonyl (C=O) groups excluding carboxylic acids is 2. The Morgan fingerprint density at radius 1 is 1.16 bits per heavy atom. The Balaban J connectivity index is 2.17. The Hall–Kier alpha value is -2.30. The van der Waals surface area contributed by atoms with E-state index in [0.717, 1.165) is 19.3 Å². The Morgan fingerprint density at radius 3 is 2.39 bits per heavy atom. The summed E-state index contributed by atoms with van der Waals surface area (Å²) in [7, 11) is 0. The van der Waals surface area contributed by atoms with Crippen LogP contribution >= 0.6 is 0 Å². The third-order valence-corrected chi connectivity index (χ3v) is 6.14. The summed E-state index contributed by atoms with van der Waals surface area (Å²) in [6, 6.07) is 9.58. The van der Waals surface area contributed by atoms with Crippen molar-refractivity contribution in [2.45, 2.75) is 90.4 Å². The number of amides is 1. The normalized spacial score (nSPS) is 22.8. The van der Waals surface area contributed by atoms with E-state index in [0.29, 0.717) is 5.92 Å². The van der Waals surface area contributed by atoms with E-state index in [-0.39, 0.29) is 23.9 Å². The molecule has 5 heteroatoms. The van der Waals surface area contributed by atoms with Crippen LogP contribution in [0.1, 0.15) is 72.8 Å². The predicted molar refractivity (Wildman–Crippen MR) is 124 cm³/mol. The molecule has 1 saturated carbocycles. The zero-order valence-corrected chi connectivity index (χ0v) is 19.9. The number of nitrogens with one attached hydrogen (secondary N) is 1. The van der Waals surface area contributed by atoms with Crippen molar-refractivity contribution in [1.82, 2.24) is 5.32 Å². The van der Waals surface area contributed by atoms with Gasteiger partial charge in [-0.3, -0.25) is 0 Å². The van der Waals surface area contributed by atoms with Gasteiger partial charge < -0.3 is 14.8 Å². The minimum absolute atomic E-state index is 0.140. The van der Waals surface area contributed by atoms with E-state index in [2.05, 4.69) is 56.9 Å². The maximum atomic E-state index is 13.1. The standard InChI is InChI=1S/C26H39NO4/c1-8-12-21(27-24(29)31-25(3,4)5)23(28)30-22-17-18(2)15-16-20(22)26(6,7)19-13-10-9-11-14-19/h8-11,13-14,18,20-22H,1,12,15-17H2,2-7H3,(H,27,29)/t18-,20-,21-,22-/m1/s1. The van der Waals surface area contributed by atoms with Crippen LogP contribution < -0.4 is 5.32 Å². The molecule has 0 bridgehead atoms. The van der Waals surface area contributed by atoms with Gasteiger partial charge >= 0.3 is 12.1 Å². The zero-order valence-electron chi connectivity index (χ0n) is 19.9. The van der Waals surface area contributed by atoms with Gasteiger partial charge in [-0.25, -0.2) is 9.59 Å². The SMILES string of the molecule is C=CC[C@@H](NC(=O)OC(C)(C)C)C(=O)O[C@@H]1C[C@H](C)CC[C@H]1C(C)(C)c1ccccc1. The van der Waals surface area contributed by atoms with Crippen molar-refractivity contribution < 1.29 is 19.1 Å². The van der Waals surface area contributed by atoms with Crippen LogP contribution in [0.2, 0.25) is 0 Å². The van der Waals surface area contributed by atoms with E-state index < -0.39 is 23.7 Å². The molecule has 0 saturated heterocycles. The molecule has 2 rings (SSSR count). The number of esters is 1. The Morgan fingerprint density at radius 2 is 1.81 bits per heavy atom. The van der Waals surface area contributed by atoms with Gasteiger partial charge in [0, 0.05) is 5.92 Å². The van der Waals surface area contributed by atoms with E-state index in [4.69, 9.17) is 9.47 Å². The number of carbonyl (C=O) groups is 2. The molecule has 1 N–H and O–H groups in total. The van der Waals surface area contributed by atoms with Crippen LogP contribution in [0, 0.1) is 11.8 Å². The molecule has 172 valence electrons. The molecule has 0 aliphatic heterocycles. The Kier molecular flexibility index (Phi) is 8.33. The molecular weight excluding hydrogens is 390 g/mol. The number of rotatable bonds is 7. The fraction of sp³-hybridized carbons (Fsp3) is 0.615. The van der Waals surface area contributed by atoms with Gasteiger partial charge in [-0.05, 0) is 56.9 Å². The minimum atomic E-state index is -0.815. The molecule has 1 fully saturated rings. The summed E-state index contributed by atoms with van der Waals surface area (Å²) in [6.07, 6.45) is 3.98. The van der Waals surface area contributed by atoms with Crippen LogP contribution in [-0.4, -0.2) is 29.8 Å². The van der Waals surface area contributed by atoms with E-state index >= 15 is 0 Å².